The van der Waals surface area contributed by atoms with E-state index in [-0.39, 0.29) is 5.91 Å². The number of likely N-dealkylation sites (tertiary alicyclic amines) is 1. The number of amides is 1. The predicted octanol–water partition coefficient (Wildman–Crippen LogP) is 3.72. The quantitative estimate of drug-likeness (QED) is 0.726. The zero-order chi connectivity index (χ0) is 21.1. The largest absolute Gasteiger partial charge is 0.370 e. The molecule has 6 nitrogen and oxygen atoms in total. The highest BCUT2D eigenvalue weighted by molar-refractivity contribution is 7.89. The lowest BCUT2D eigenvalue weighted by atomic mass is 9.99. The third-order valence-corrected chi connectivity index (χ3v) is 8.71. The number of nitrogens with zero attached hydrogens (tertiary/aromatic N) is 3. The minimum absolute atomic E-state index is 0.0400. The number of hydrogen-bond donors (Lipinski definition) is 0. The van der Waals surface area contributed by atoms with E-state index in [0.29, 0.717) is 29.5 Å². The average Bonchev–Trinajstić information content (AvgIpc) is 2.79. The van der Waals surface area contributed by atoms with Crippen molar-refractivity contribution in [3.05, 3.63) is 23.8 Å². The topological polar surface area (TPSA) is 60.9 Å². The van der Waals surface area contributed by atoms with Crippen LogP contribution in [0.1, 0.15) is 68.6 Å². The molecule has 0 saturated carbocycles. The summed E-state index contributed by atoms with van der Waals surface area (Å²) >= 11 is 0. The normalized spacial score (nSPS) is 24.1. The summed E-state index contributed by atoms with van der Waals surface area (Å²) in [4.78, 5) is 17.6. The van der Waals surface area contributed by atoms with Crippen LogP contribution in [0.25, 0.3) is 0 Å². The average molecular weight is 434 g/mol. The number of rotatable bonds is 4. The summed E-state index contributed by atoms with van der Waals surface area (Å²) in [7, 11) is -3.62. The van der Waals surface area contributed by atoms with Gasteiger partial charge in [0.2, 0.25) is 10.0 Å². The van der Waals surface area contributed by atoms with E-state index < -0.39 is 10.0 Å². The Bertz CT molecular complexity index is 858. The first kappa shape index (κ1) is 21.6. The van der Waals surface area contributed by atoms with Gasteiger partial charge >= 0.3 is 0 Å². The van der Waals surface area contributed by atoms with E-state index in [1.807, 2.05) is 17.0 Å². The molecule has 0 unspecified atom stereocenters. The maximum absolute atomic E-state index is 13.6. The molecule has 1 atom stereocenters. The third kappa shape index (κ3) is 4.52. The summed E-state index contributed by atoms with van der Waals surface area (Å²) < 4.78 is 28.9. The standard InChI is InChI=1S/C23H35N3O3S/c1-19-9-8-14-25(18-19)23(27)20-10-11-21(24-12-4-2-5-13-24)22(17-20)30(28,29)26-15-6-3-7-16-26/h10-11,17,19H,2-9,12-16,18H2,1H3/t19-/m0/s1. The van der Waals surface area contributed by atoms with Gasteiger partial charge in [-0.2, -0.15) is 4.31 Å². The van der Waals surface area contributed by atoms with Crippen LogP contribution in [0.4, 0.5) is 5.69 Å². The van der Waals surface area contributed by atoms with E-state index in [4.69, 9.17) is 0 Å². The molecular formula is C23H35N3O3S. The van der Waals surface area contributed by atoms with Gasteiger partial charge in [-0.15, -0.1) is 0 Å². The van der Waals surface area contributed by atoms with Crippen LogP contribution in [0.2, 0.25) is 0 Å². The van der Waals surface area contributed by atoms with Crippen LogP contribution >= 0.6 is 0 Å². The SMILES string of the molecule is C[C@H]1CCCN(C(=O)c2ccc(N3CCCCC3)c(S(=O)(=O)N3CCCCC3)c2)C1. The van der Waals surface area contributed by atoms with Gasteiger partial charge in [-0.25, -0.2) is 8.42 Å². The van der Waals surface area contributed by atoms with E-state index in [1.165, 1.54) is 6.42 Å². The van der Waals surface area contributed by atoms with E-state index in [0.717, 1.165) is 76.8 Å². The molecule has 3 heterocycles. The molecule has 3 saturated heterocycles. The van der Waals surface area contributed by atoms with E-state index in [9.17, 15) is 13.2 Å². The Balaban J connectivity index is 1.70. The third-order valence-electron chi connectivity index (χ3n) is 6.78. The van der Waals surface area contributed by atoms with E-state index in [1.54, 1.807) is 10.4 Å². The predicted molar refractivity (Wildman–Crippen MR) is 119 cm³/mol. The molecule has 3 fully saturated rings. The first-order valence-corrected chi connectivity index (χ1v) is 13.1. The van der Waals surface area contributed by atoms with Crippen LogP contribution < -0.4 is 4.90 Å². The molecule has 3 aliphatic rings. The smallest absolute Gasteiger partial charge is 0.253 e. The lowest BCUT2D eigenvalue weighted by Crippen LogP contribution is -2.40. The summed E-state index contributed by atoms with van der Waals surface area (Å²) in [5.41, 5.74) is 1.27. The van der Waals surface area contributed by atoms with Crippen LogP contribution in [0.15, 0.2) is 23.1 Å². The zero-order valence-corrected chi connectivity index (χ0v) is 19.0. The molecule has 30 heavy (non-hydrogen) atoms. The first-order chi connectivity index (χ1) is 14.5. The molecule has 166 valence electrons. The maximum atomic E-state index is 13.6. The second-order valence-electron chi connectivity index (χ2n) is 9.19. The molecule has 1 aromatic rings. The summed E-state index contributed by atoms with van der Waals surface area (Å²) in [6.45, 7) is 6.57. The number of carbonyl (C=O) groups is 1. The fourth-order valence-electron chi connectivity index (χ4n) is 5.05. The van der Waals surface area contributed by atoms with Gasteiger partial charge in [-0.05, 0) is 69.1 Å². The van der Waals surface area contributed by atoms with Crippen LogP contribution in [-0.2, 0) is 10.0 Å². The minimum atomic E-state index is -3.62. The van der Waals surface area contributed by atoms with Crippen molar-refractivity contribution >= 4 is 21.6 Å². The Kier molecular flexibility index (Phi) is 6.68. The minimum Gasteiger partial charge on any atom is -0.370 e. The van der Waals surface area contributed by atoms with Gasteiger partial charge in [0.05, 0.1) is 5.69 Å². The van der Waals surface area contributed by atoms with Gasteiger partial charge in [0.1, 0.15) is 4.90 Å². The number of benzene rings is 1. The molecule has 0 aliphatic carbocycles. The first-order valence-electron chi connectivity index (χ1n) is 11.7. The highest BCUT2D eigenvalue weighted by Gasteiger charge is 2.32. The highest BCUT2D eigenvalue weighted by atomic mass is 32.2. The molecule has 4 rings (SSSR count). The second-order valence-corrected chi connectivity index (χ2v) is 11.1. The van der Waals surface area contributed by atoms with Crippen molar-refractivity contribution in [2.45, 2.75) is 63.2 Å². The zero-order valence-electron chi connectivity index (χ0n) is 18.2. The molecule has 0 aromatic heterocycles. The van der Waals surface area contributed by atoms with Gasteiger partial charge in [0.15, 0.2) is 0 Å². The van der Waals surface area contributed by atoms with Crippen LogP contribution in [0, 0.1) is 5.92 Å². The van der Waals surface area contributed by atoms with Gasteiger partial charge in [-0.1, -0.05) is 13.3 Å². The lowest BCUT2D eigenvalue weighted by molar-refractivity contribution is 0.0683. The van der Waals surface area contributed by atoms with Crippen LogP contribution in [0.5, 0.6) is 0 Å². The molecule has 0 radical (unpaired) electrons. The fraction of sp³-hybridized carbons (Fsp3) is 0.696. The molecule has 7 heteroatoms. The summed E-state index contributed by atoms with van der Waals surface area (Å²) in [5, 5.41) is 0. The highest BCUT2D eigenvalue weighted by Crippen LogP contribution is 2.33. The second kappa shape index (κ2) is 9.27. The maximum Gasteiger partial charge on any atom is 0.253 e. The number of anilines is 1. The number of carbonyl (C=O) groups excluding carboxylic acids is 1. The molecule has 0 spiro atoms. The Morgan fingerprint density at radius 2 is 1.57 bits per heavy atom. The molecule has 1 amide bonds. The monoisotopic (exact) mass is 433 g/mol. The Hall–Kier alpha value is -1.60. The van der Waals surface area contributed by atoms with Gasteiger partial charge in [0.25, 0.3) is 5.91 Å². The Morgan fingerprint density at radius 3 is 2.23 bits per heavy atom. The molecular weight excluding hydrogens is 398 g/mol. The van der Waals surface area contributed by atoms with Crippen molar-refractivity contribution in [3.63, 3.8) is 0 Å². The van der Waals surface area contributed by atoms with Crippen molar-refractivity contribution < 1.29 is 13.2 Å². The summed E-state index contributed by atoms with van der Waals surface area (Å²) in [6.07, 6.45) is 8.39. The lowest BCUT2D eigenvalue weighted by Gasteiger charge is -2.34. The Morgan fingerprint density at radius 1 is 0.900 bits per heavy atom. The number of sulfonamides is 1. The molecule has 3 aliphatic heterocycles. The molecule has 0 N–H and O–H groups in total. The van der Waals surface area contributed by atoms with Gasteiger partial charge < -0.3 is 9.80 Å². The van der Waals surface area contributed by atoms with Crippen molar-refractivity contribution in [1.29, 1.82) is 0 Å². The number of piperidine rings is 3. The van der Waals surface area contributed by atoms with Crippen molar-refractivity contribution in [1.82, 2.24) is 9.21 Å². The van der Waals surface area contributed by atoms with Crippen LogP contribution in [-0.4, -0.2) is 62.8 Å². The number of hydrogen-bond acceptors (Lipinski definition) is 4. The Labute approximate surface area is 181 Å². The van der Waals surface area contributed by atoms with Crippen molar-refractivity contribution in [2.24, 2.45) is 5.92 Å². The fourth-order valence-corrected chi connectivity index (χ4v) is 6.81. The summed E-state index contributed by atoms with van der Waals surface area (Å²) in [6, 6.07) is 5.37. The molecule has 0 bridgehead atoms. The van der Waals surface area contributed by atoms with Gasteiger partial charge in [-0.3, -0.25) is 4.79 Å². The van der Waals surface area contributed by atoms with Crippen LogP contribution in [0.3, 0.4) is 0 Å². The van der Waals surface area contributed by atoms with E-state index in [2.05, 4.69) is 11.8 Å². The van der Waals surface area contributed by atoms with Crippen molar-refractivity contribution in [2.75, 3.05) is 44.2 Å². The summed E-state index contributed by atoms with van der Waals surface area (Å²) in [5.74, 6) is 0.453. The van der Waals surface area contributed by atoms with Crippen molar-refractivity contribution in [3.8, 4) is 0 Å². The molecule has 1 aromatic carbocycles. The van der Waals surface area contributed by atoms with E-state index >= 15 is 0 Å². The van der Waals surface area contributed by atoms with Gasteiger partial charge in [0, 0.05) is 44.8 Å².